The Hall–Kier alpha value is -5.33. The zero-order valence-electron chi connectivity index (χ0n) is 52.6. The molecule has 0 saturated carbocycles. The number of carbonyl (C=O) groups excluding carboxylic acids is 7. The van der Waals surface area contributed by atoms with Crippen molar-refractivity contribution in [2.45, 2.75) is 215 Å². The summed E-state index contributed by atoms with van der Waals surface area (Å²) >= 11 is 0. The second-order valence-electron chi connectivity index (χ2n) is 21.1. The first-order chi connectivity index (χ1) is 36.0. The van der Waals surface area contributed by atoms with E-state index in [4.69, 9.17) is 18.9 Å². The van der Waals surface area contributed by atoms with Gasteiger partial charge in [0, 0.05) is 20.5 Å². The minimum absolute atomic E-state index is 0.0149. The molecule has 2 rings (SSSR count). The number of aryl methyl sites for hydroxylation is 2. The normalized spacial score (nSPS) is 13.1. The van der Waals surface area contributed by atoms with Crippen LogP contribution in [0.5, 0.6) is 0 Å². The molecule has 0 spiro atoms. The van der Waals surface area contributed by atoms with Crippen LogP contribution in [0, 0.1) is 55.3 Å². The highest BCUT2D eigenvalue weighted by Crippen LogP contribution is 2.25. The average molecular weight is 1080 g/mol. The molecule has 2 amide bonds. The predicted molar refractivity (Wildman–Crippen MR) is 316 cm³/mol. The van der Waals surface area contributed by atoms with Gasteiger partial charge in [0.15, 0.2) is 37.0 Å². The van der Waals surface area contributed by atoms with Gasteiger partial charge in [0.2, 0.25) is 0 Å². The molecule has 2 aromatic rings. The molecule has 7 unspecified atom stereocenters. The van der Waals surface area contributed by atoms with E-state index in [-0.39, 0.29) is 59.6 Å². The van der Waals surface area contributed by atoms with Crippen molar-refractivity contribution < 1.29 is 52.5 Å². The fourth-order valence-corrected chi connectivity index (χ4v) is 7.26. The summed E-state index contributed by atoms with van der Waals surface area (Å²) in [6.07, 6.45) is 3.03. The van der Waals surface area contributed by atoms with E-state index in [1.54, 1.807) is 20.9 Å². The Balaban J connectivity index is -0.000000524. The predicted octanol–water partition coefficient (Wildman–Crippen LogP) is 14.0. The number of carbonyl (C=O) groups is 7. The number of likely N-dealkylation sites (N-methyl/N-ethyl adjacent to an activating group) is 2. The van der Waals surface area contributed by atoms with Crippen LogP contribution in [-0.4, -0.2) is 103 Å². The van der Waals surface area contributed by atoms with Crippen LogP contribution in [0.1, 0.15) is 188 Å². The first-order valence-electron chi connectivity index (χ1n) is 28.5. The molecule has 0 aliphatic carbocycles. The lowest BCUT2D eigenvalue weighted by molar-refractivity contribution is -0.164. The number of hydrogen-bond donors (Lipinski definition) is 0. The number of ketones is 2. The van der Waals surface area contributed by atoms with Gasteiger partial charge in [-0.25, -0.2) is 4.79 Å². The summed E-state index contributed by atoms with van der Waals surface area (Å²) in [5.74, 6) is -1.25. The minimum atomic E-state index is -0.870. The highest BCUT2D eigenvalue weighted by atomic mass is 16.6. The molecule has 0 aliphatic rings. The summed E-state index contributed by atoms with van der Waals surface area (Å²) in [7, 11) is 3.14. The van der Waals surface area contributed by atoms with E-state index in [0.717, 1.165) is 19.3 Å². The summed E-state index contributed by atoms with van der Waals surface area (Å²) in [4.78, 5) is 88.6. The lowest BCUT2D eigenvalue weighted by Crippen LogP contribution is -2.47. The van der Waals surface area contributed by atoms with Gasteiger partial charge in [-0.3, -0.25) is 28.8 Å². The third-order valence-electron chi connectivity index (χ3n) is 12.0. The van der Waals surface area contributed by atoms with Crippen LogP contribution in [0.2, 0.25) is 0 Å². The molecule has 0 bridgehead atoms. The third-order valence-corrected chi connectivity index (χ3v) is 12.0. The minimum Gasteiger partial charge on any atom is -0.486 e. The molecular formula is C64H110N2O11. The number of esters is 3. The van der Waals surface area contributed by atoms with Crippen molar-refractivity contribution in [3.05, 3.63) is 84.1 Å². The molecule has 0 aliphatic heterocycles. The number of ether oxygens (including phenoxy) is 4. The SMILES string of the molecule is C=C(OC(C)C(=O)CCC)C(CC(C)C)N(C)C(=O)COC(=O)C(CC(C)C)C(C)CC.CC.CC.CC(=O)C(C)OC(=O)C(CC(C)C)N(C)C(=O)COC(=O)C(C)CC(C)C.Cc1ccccc1.Cc1ccccc1. The lowest BCUT2D eigenvalue weighted by atomic mass is 9.85. The highest BCUT2D eigenvalue weighted by molar-refractivity contribution is 5.88. The van der Waals surface area contributed by atoms with E-state index in [9.17, 15) is 33.6 Å². The molecule has 0 aromatic heterocycles. The standard InChI is InChI=1S/C26H47NO5.C20H35NO6.2C7H8.2C2H6/c1-11-13-24(28)21(9)32-20(8)23(15-18(5)6)27(10)25(29)16-31-26(30)22(14-17(3)4)19(7)12-2;1-12(2)9-14(5)19(24)26-11-18(23)21(8)17(10-13(3)4)20(25)27-16(7)15(6)22;2*1-7-5-3-2-4-6-7;2*1-2/h17-19,21-23H,8,11-16H2,1-7,9-10H3;12-14,16-17H,9-11H2,1-8H3;2*2-6H,1H3;2*1-2H3. The molecule has 0 radical (unpaired) electrons. The second kappa shape index (κ2) is 45.7. The first-order valence-corrected chi connectivity index (χ1v) is 28.5. The molecule has 2 aromatic carbocycles. The van der Waals surface area contributed by atoms with Crippen LogP contribution in [0.4, 0.5) is 0 Å². The van der Waals surface area contributed by atoms with Crippen LogP contribution in [0.3, 0.4) is 0 Å². The van der Waals surface area contributed by atoms with Gasteiger partial charge in [0.25, 0.3) is 11.8 Å². The molecule has 0 fully saturated rings. The van der Waals surface area contributed by atoms with Crippen molar-refractivity contribution in [3.8, 4) is 0 Å². The lowest BCUT2D eigenvalue weighted by Gasteiger charge is -2.32. The molecule has 77 heavy (non-hydrogen) atoms. The maximum Gasteiger partial charge on any atom is 0.329 e. The molecule has 0 heterocycles. The molecular weight excluding hydrogens is 973 g/mol. The van der Waals surface area contributed by atoms with Gasteiger partial charge in [-0.05, 0) is 96.3 Å². The van der Waals surface area contributed by atoms with Crippen molar-refractivity contribution in [1.82, 2.24) is 9.80 Å². The van der Waals surface area contributed by atoms with Gasteiger partial charge in [-0.15, -0.1) is 0 Å². The molecule has 7 atom stereocenters. The van der Waals surface area contributed by atoms with Gasteiger partial charge in [0.05, 0.1) is 17.9 Å². The van der Waals surface area contributed by atoms with Crippen LogP contribution >= 0.6 is 0 Å². The fourth-order valence-electron chi connectivity index (χ4n) is 7.26. The van der Waals surface area contributed by atoms with Gasteiger partial charge in [-0.1, -0.05) is 196 Å². The summed E-state index contributed by atoms with van der Waals surface area (Å²) in [6, 6.07) is 19.3. The number of benzene rings is 2. The fraction of sp³-hybridized carbons (Fsp3) is 0.672. The summed E-state index contributed by atoms with van der Waals surface area (Å²) in [5, 5.41) is 0. The zero-order valence-corrected chi connectivity index (χ0v) is 52.6. The number of Topliss-reactive ketones (excluding diaryl/α,β-unsaturated/α-hetero) is 2. The van der Waals surface area contributed by atoms with Crippen LogP contribution in [0.25, 0.3) is 0 Å². The van der Waals surface area contributed by atoms with Crippen molar-refractivity contribution in [1.29, 1.82) is 0 Å². The number of amides is 2. The number of rotatable bonds is 27. The van der Waals surface area contributed by atoms with Crippen molar-refractivity contribution >= 4 is 41.3 Å². The molecule has 13 heteroatoms. The maximum absolute atomic E-state index is 12.9. The second-order valence-corrected chi connectivity index (χ2v) is 21.1. The Labute approximate surface area is 469 Å². The molecule has 442 valence electrons. The van der Waals surface area contributed by atoms with E-state index in [2.05, 4.69) is 65.5 Å². The Morgan fingerprint density at radius 2 is 0.909 bits per heavy atom. The Morgan fingerprint density at radius 3 is 1.26 bits per heavy atom. The molecule has 0 saturated heterocycles. The van der Waals surface area contributed by atoms with Crippen LogP contribution in [0.15, 0.2) is 73.0 Å². The largest absolute Gasteiger partial charge is 0.486 e. The Morgan fingerprint density at radius 1 is 0.519 bits per heavy atom. The Kier molecular flexibility index (Phi) is 46.4. The van der Waals surface area contributed by atoms with Crippen molar-refractivity contribution in [3.63, 3.8) is 0 Å². The smallest absolute Gasteiger partial charge is 0.329 e. The first kappa shape index (κ1) is 78.2. The number of nitrogens with zero attached hydrogens (tertiary/aromatic N) is 2. The molecule has 0 N–H and O–H groups in total. The van der Waals surface area contributed by atoms with Gasteiger partial charge in [-0.2, -0.15) is 0 Å². The van der Waals surface area contributed by atoms with E-state index >= 15 is 0 Å². The van der Waals surface area contributed by atoms with Crippen LogP contribution < -0.4 is 0 Å². The van der Waals surface area contributed by atoms with Crippen LogP contribution in [-0.2, 0) is 52.5 Å². The number of hydrogen-bond acceptors (Lipinski definition) is 11. The van der Waals surface area contributed by atoms with Crippen molar-refractivity contribution in [2.75, 3.05) is 27.3 Å². The van der Waals surface area contributed by atoms with Gasteiger partial charge in [0.1, 0.15) is 11.8 Å². The maximum atomic E-state index is 12.9. The zero-order chi connectivity index (χ0) is 60.5. The monoisotopic (exact) mass is 1080 g/mol. The summed E-state index contributed by atoms with van der Waals surface area (Å²) in [5.41, 5.74) is 2.64. The average Bonchev–Trinajstić information content (AvgIpc) is 3.38. The Bertz CT molecular complexity index is 1880. The van der Waals surface area contributed by atoms with E-state index in [1.807, 2.05) is 119 Å². The van der Waals surface area contributed by atoms with Crippen molar-refractivity contribution in [2.24, 2.45) is 41.4 Å². The van der Waals surface area contributed by atoms with Gasteiger partial charge < -0.3 is 28.7 Å². The summed E-state index contributed by atoms with van der Waals surface area (Å²) < 4.78 is 21.5. The van der Waals surface area contributed by atoms with E-state index in [1.165, 1.54) is 41.8 Å². The van der Waals surface area contributed by atoms with E-state index in [0.29, 0.717) is 43.3 Å². The highest BCUT2D eigenvalue weighted by Gasteiger charge is 2.33. The quantitative estimate of drug-likeness (QED) is 0.0475. The summed E-state index contributed by atoms with van der Waals surface area (Å²) in [6.45, 7) is 43.9. The third kappa shape index (κ3) is 38.0. The van der Waals surface area contributed by atoms with Gasteiger partial charge >= 0.3 is 17.9 Å². The molecule has 13 nitrogen and oxygen atoms in total. The topological polar surface area (TPSA) is 163 Å². The van der Waals surface area contributed by atoms with E-state index < -0.39 is 48.7 Å².